The fraction of sp³-hybridized carbons (Fsp3) is 0. The molecule has 0 saturated carbocycles. The van der Waals surface area contributed by atoms with E-state index in [9.17, 15) is 14.5 Å². The zero-order valence-electron chi connectivity index (χ0n) is 9.06. The van der Waals surface area contributed by atoms with Crippen molar-refractivity contribution >= 4 is 39.7 Å². The van der Waals surface area contributed by atoms with E-state index in [4.69, 9.17) is 0 Å². The van der Waals surface area contributed by atoms with Crippen molar-refractivity contribution in [1.29, 1.82) is 0 Å². The van der Waals surface area contributed by atoms with Gasteiger partial charge in [-0.05, 0) is 46.9 Å². The molecule has 0 heterocycles. The molecule has 2 aromatic carbocycles. The van der Waals surface area contributed by atoms with Crippen LogP contribution in [0.5, 0.6) is 0 Å². The van der Waals surface area contributed by atoms with Crippen LogP contribution in [0.25, 0.3) is 0 Å². The molecule has 0 aromatic heterocycles. The van der Waals surface area contributed by atoms with Gasteiger partial charge >= 0.3 is 0 Å². The first kappa shape index (κ1) is 12.7. The van der Waals surface area contributed by atoms with E-state index in [0.717, 1.165) is 15.3 Å². The lowest BCUT2D eigenvalue weighted by atomic mass is 10.2. The Morgan fingerprint density at radius 2 is 1.94 bits per heavy atom. The molecule has 0 atom stereocenters. The zero-order valence-corrected chi connectivity index (χ0v) is 11.2. The molecule has 0 aliphatic carbocycles. The van der Waals surface area contributed by atoms with Crippen LogP contribution in [-0.2, 0) is 0 Å². The molecular formula is C12H8FIN2O2. The van der Waals surface area contributed by atoms with Crippen LogP contribution >= 0.6 is 22.6 Å². The number of anilines is 2. The predicted molar refractivity (Wildman–Crippen MR) is 75.5 cm³/mol. The van der Waals surface area contributed by atoms with Crippen molar-refractivity contribution in [2.24, 2.45) is 0 Å². The highest BCUT2D eigenvalue weighted by Crippen LogP contribution is 2.24. The van der Waals surface area contributed by atoms with E-state index in [1.165, 1.54) is 12.1 Å². The van der Waals surface area contributed by atoms with Crippen LogP contribution in [0.15, 0.2) is 42.5 Å². The maximum Gasteiger partial charge on any atom is 0.274 e. The van der Waals surface area contributed by atoms with Gasteiger partial charge in [0, 0.05) is 21.0 Å². The Balaban J connectivity index is 2.31. The van der Waals surface area contributed by atoms with Crippen molar-refractivity contribution in [3.8, 4) is 0 Å². The number of nitrogens with one attached hydrogen (secondary N) is 1. The Labute approximate surface area is 116 Å². The molecule has 18 heavy (non-hydrogen) atoms. The smallest absolute Gasteiger partial charge is 0.274 e. The van der Waals surface area contributed by atoms with E-state index < -0.39 is 10.7 Å². The van der Waals surface area contributed by atoms with Gasteiger partial charge in [-0.3, -0.25) is 10.1 Å². The van der Waals surface area contributed by atoms with E-state index in [-0.39, 0.29) is 5.69 Å². The number of non-ortho nitro benzene ring substituents is 1. The molecule has 1 N–H and O–H groups in total. The van der Waals surface area contributed by atoms with Gasteiger partial charge < -0.3 is 5.32 Å². The van der Waals surface area contributed by atoms with Gasteiger partial charge in [-0.15, -0.1) is 0 Å². The Bertz CT molecular complexity index is 604. The van der Waals surface area contributed by atoms with Gasteiger partial charge in [-0.1, -0.05) is 6.07 Å². The number of rotatable bonds is 3. The third-order valence-corrected chi connectivity index (χ3v) is 2.88. The topological polar surface area (TPSA) is 55.2 Å². The highest BCUT2D eigenvalue weighted by molar-refractivity contribution is 14.1. The number of halogens is 2. The largest absolute Gasteiger partial charge is 0.355 e. The SMILES string of the molecule is O=[N+]([O-])c1cc(F)cc(Nc2cccc(I)c2)c1. The molecule has 6 heteroatoms. The summed E-state index contributed by atoms with van der Waals surface area (Å²) < 4.78 is 14.2. The van der Waals surface area contributed by atoms with Crippen molar-refractivity contribution in [2.75, 3.05) is 5.32 Å². The predicted octanol–water partition coefficient (Wildman–Crippen LogP) is 4.08. The molecule has 4 nitrogen and oxygen atoms in total. The van der Waals surface area contributed by atoms with E-state index >= 15 is 0 Å². The highest BCUT2D eigenvalue weighted by Gasteiger charge is 2.09. The standard InChI is InChI=1S/C12H8FIN2O2/c13-8-4-11(7-12(5-8)16(17)18)15-10-3-1-2-9(14)6-10/h1-7,15H. The maximum atomic E-state index is 13.2. The molecule has 0 fully saturated rings. The first-order valence-electron chi connectivity index (χ1n) is 5.02. The summed E-state index contributed by atoms with van der Waals surface area (Å²) in [6.07, 6.45) is 0. The van der Waals surface area contributed by atoms with E-state index in [1.54, 1.807) is 6.07 Å². The molecular weight excluding hydrogens is 350 g/mol. The molecule has 0 bridgehead atoms. The molecule has 0 amide bonds. The third kappa shape index (κ3) is 3.16. The molecule has 0 radical (unpaired) electrons. The van der Waals surface area contributed by atoms with Crippen LogP contribution in [0.2, 0.25) is 0 Å². The molecule has 0 unspecified atom stereocenters. The Kier molecular flexibility index (Phi) is 3.75. The van der Waals surface area contributed by atoms with Crippen LogP contribution in [0.3, 0.4) is 0 Å². The van der Waals surface area contributed by atoms with E-state index in [2.05, 4.69) is 27.9 Å². The monoisotopic (exact) mass is 358 g/mol. The fourth-order valence-electron chi connectivity index (χ4n) is 1.48. The van der Waals surface area contributed by atoms with E-state index in [1.807, 2.05) is 18.2 Å². The average molecular weight is 358 g/mol. The number of hydrogen-bond acceptors (Lipinski definition) is 3. The van der Waals surface area contributed by atoms with Gasteiger partial charge in [-0.25, -0.2) is 4.39 Å². The summed E-state index contributed by atoms with van der Waals surface area (Å²) >= 11 is 2.15. The third-order valence-electron chi connectivity index (χ3n) is 2.21. The molecule has 0 aliphatic heterocycles. The molecule has 0 aliphatic rings. The minimum atomic E-state index is -0.641. The van der Waals surface area contributed by atoms with Crippen molar-refractivity contribution in [3.05, 3.63) is 62.0 Å². The van der Waals surface area contributed by atoms with Gasteiger partial charge in [0.05, 0.1) is 11.0 Å². The molecule has 0 saturated heterocycles. The second kappa shape index (κ2) is 5.30. The van der Waals surface area contributed by atoms with Crippen LogP contribution in [0.4, 0.5) is 21.5 Å². The molecule has 2 aromatic rings. The van der Waals surface area contributed by atoms with Crippen LogP contribution < -0.4 is 5.32 Å². The zero-order chi connectivity index (χ0) is 13.1. The number of hydrogen-bond donors (Lipinski definition) is 1. The lowest BCUT2D eigenvalue weighted by Crippen LogP contribution is -1.95. The van der Waals surface area contributed by atoms with Crippen molar-refractivity contribution in [1.82, 2.24) is 0 Å². The first-order valence-corrected chi connectivity index (χ1v) is 6.10. The van der Waals surface area contributed by atoms with Crippen LogP contribution in [0.1, 0.15) is 0 Å². The summed E-state index contributed by atoms with van der Waals surface area (Å²) in [6.45, 7) is 0. The maximum absolute atomic E-state index is 13.2. The summed E-state index contributed by atoms with van der Waals surface area (Å²) in [5.41, 5.74) is 0.827. The number of benzene rings is 2. The summed E-state index contributed by atoms with van der Waals surface area (Å²) in [6, 6.07) is 10.8. The number of nitro groups is 1. The average Bonchev–Trinajstić information content (AvgIpc) is 2.28. The lowest BCUT2D eigenvalue weighted by molar-refractivity contribution is -0.385. The van der Waals surface area contributed by atoms with Gasteiger partial charge in [0.1, 0.15) is 5.82 Å². The van der Waals surface area contributed by atoms with Crippen LogP contribution in [-0.4, -0.2) is 4.92 Å². The Morgan fingerprint density at radius 3 is 2.61 bits per heavy atom. The molecule has 92 valence electrons. The number of nitrogens with zero attached hydrogens (tertiary/aromatic N) is 1. The molecule has 0 spiro atoms. The summed E-state index contributed by atoms with van der Waals surface area (Å²) in [5.74, 6) is -0.641. The normalized spacial score (nSPS) is 10.1. The van der Waals surface area contributed by atoms with Crippen molar-refractivity contribution in [3.63, 3.8) is 0 Å². The Hall–Kier alpha value is -1.70. The minimum Gasteiger partial charge on any atom is -0.355 e. The summed E-state index contributed by atoms with van der Waals surface area (Å²) in [4.78, 5) is 10.00. The minimum absolute atomic E-state index is 0.275. The van der Waals surface area contributed by atoms with Gasteiger partial charge in [-0.2, -0.15) is 0 Å². The van der Waals surface area contributed by atoms with Crippen molar-refractivity contribution < 1.29 is 9.31 Å². The number of nitro benzene ring substituents is 1. The van der Waals surface area contributed by atoms with Gasteiger partial charge in [0.15, 0.2) is 0 Å². The first-order chi connectivity index (χ1) is 8.54. The lowest BCUT2D eigenvalue weighted by Gasteiger charge is -2.06. The second-order valence-corrected chi connectivity index (χ2v) is 4.84. The Morgan fingerprint density at radius 1 is 1.17 bits per heavy atom. The van der Waals surface area contributed by atoms with Crippen LogP contribution in [0, 0.1) is 19.5 Å². The molecule has 2 rings (SSSR count). The second-order valence-electron chi connectivity index (χ2n) is 3.59. The summed E-state index contributed by atoms with van der Waals surface area (Å²) in [5, 5.41) is 13.6. The van der Waals surface area contributed by atoms with E-state index in [0.29, 0.717) is 5.69 Å². The summed E-state index contributed by atoms with van der Waals surface area (Å²) in [7, 11) is 0. The highest BCUT2D eigenvalue weighted by atomic mass is 127. The van der Waals surface area contributed by atoms with Crippen molar-refractivity contribution in [2.45, 2.75) is 0 Å². The van der Waals surface area contributed by atoms with Gasteiger partial charge in [0.2, 0.25) is 0 Å². The fourth-order valence-corrected chi connectivity index (χ4v) is 2.03. The van der Waals surface area contributed by atoms with Gasteiger partial charge in [0.25, 0.3) is 5.69 Å². The quantitative estimate of drug-likeness (QED) is 0.511.